The van der Waals surface area contributed by atoms with Crippen molar-refractivity contribution in [1.82, 2.24) is 5.32 Å². The number of amides is 2. The molecule has 4 N–H and O–H groups in total. The first-order valence-corrected chi connectivity index (χ1v) is 6.99. The first-order chi connectivity index (χ1) is 10.0. The molecule has 1 rings (SSSR count). The maximum absolute atomic E-state index is 11.9. The monoisotopic (exact) mass is 290 g/mol. The third-order valence-corrected chi connectivity index (χ3v) is 2.90. The number of rotatable bonds is 8. The van der Waals surface area contributed by atoms with E-state index in [2.05, 4.69) is 5.32 Å². The van der Waals surface area contributed by atoms with Gasteiger partial charge in [-0.1, -0.05) is 24.3 Å². The predicted octanol–water partition coefficient (Wildman–Crippen LogP) is 1.47. The molecular weight excluding hydrogens is 268 g/mol. The molecule has 0 aliphatic heterocycles. The summed E-state index contributed by atoms with van der Waals surface area (Å²) in [6.45, 7) is 1.64. The molecule has 0 fully saturated rings. The van der Waals surface area contributed by atoms with E-state index in [4.69, 9.17) is 10.8 Å². The van der Waals surface area contributed by atoms with E-state index < -0.39 is 0 Å². The highest BCUT2D eigenvalue weighted by atomic mass is 16.3. The van der Waals surface area contributed by atoms with Crippen LogP contribution in [0.15, 0.2) is 30.3 Å². The van der Waals surface area contributed by atoms with E-state index >= 15 is 0 Å². The lowest BCUT2D eigenvalue weighted by molar-refractivity contribution is -0.118. The summed E-state index contributed by atoms with van der Waals surface area (Å²) in [5, 5.41) is 11.6. The van der Waals surface area contributed by atoms with E-state index in [9.17, 15) is 9.59 Å². The maximum Gasteiger partial charge on any atom is 0.251 e. The van der Waals surface area contributed by atoms with Crippen molar-refractivity contribution in [1.29, 1.82) is 0 Å². The number of nitrogens with two attached hydrogens (primary N) is 1. The minimum Gasteiger partial charge on any atom is -0.394 e. The molecule has 0 saturated carbocycles. The summed E-state index contributed by atoms with van der Waals surface area (Å²) in [5.41, 5.74) is 6.53. The first kappa shape index (κ1) is 16.9. The van der Waals surface area contributed by atoms with Gasteiger partial charge in [-0.05, 0) is 37.5 Å². The molecule has 2 amide bonds. The lowest BCUT2D eigenvalue weighted by atomic mass is 10.1. The van der Waals surface area contributed by atoms with Gasteiger partial charge in [0.1, 0.15) is 0 Å². The van der Waals surface area contributed by atoms with Crippen LogP contribution in [-0.4, -0.2) is 29.6 Å². The van der Waals surface area contributed by atoms with Gasteiger partial charge in [0, 0.05) is 18.0 Å². The number of nitrogens with one attached hydrogen (secondary N) is 1. The Morgan fingerprint density at radius 2 is 2.19 bits per heavy atom. The predicted molar refractivity (Wildman–Crippen MR) is 82.5 cm³/mol. The second kappa shape index (κ2) is 8.92. The Bertz CT molecular complexity index is 512. The van der Waals surface area contributed by atoms with E-state index in [1.807, 2.05) is 24.3 Å². The molecule has 0 spiro atoms. The quantitative estimate of drug-likeness (QED) is 0.633. The third kappa shape index (κ3) is 6.72. The molecule has 0 heterocycles. The molecule has 0 saturated heterocycles. The number of carbonyl (C=O) groups is 2. The van der Waals surface area contributed by atoms with Crippen LogP contribution in [0.2, 0.25) is 0 Å². The molecule has 1 aromatic carbocycles. The van der Waals surface area contributed by atoms with Crippen molar-refractivity contribution in [3.05, 3.63) is 41.5 Å². The number of hydrogen-bond acceptors (Lipinski definition) is 3. The molecule has 114 valence electrons. The molecule has 0 aliphatic carbocycles. The Balaban J connectivity index is 2.57. The van der Waals surface area contributed by atoms with Crippen molar-refractivity contribution >= 4 is 17.9 Å². The molecular formula is C16H22N2O3. The van der Waals surface area contributed by atoms with Gasteiger partial charge < -0.3 is 16.2 Å². The minimum absolute atomic E-state index is 0.0921. The average molecular weight is 290 g/mol. The van der Waals surface area contributed by atoms with Gasteiger partial charge in [-0.25, -0.2) is 0 Å². The van der Waals surface area contributed by atoms with E-state index in [-0.39, 0.29) is 24.5 Å². The number of primary amides is 1. The summed E-state index contributed by atoms with van der Waals surface area (Å²) >= 11 is 0. The Kier molecular flexibility index (Phi) is 7.18. The molecule has 0 radical (unpaired) electrons. The zero-order valence-corrected chi connectivity index (χ0v) is 12.2. The van der Waals surface area contributed by atoms with Crippen LogP contribution in [0, 0.1) is 0 Å². The molecule has 0 aromatic heterocycles. The van der Waals surface area contributed by atoms with Crippen LogP contribution in [0.1, 0.15) is 42.1 Å². The smallest absolute Gasteiger partial charge is 0.251 e. The van der Waals surface area contributed by atoms with Crippen molar-refractivity contribution in [3.8, 4) is 0 Å². The van der Waals surface area contributed by atoms with Crippen LogP contribution >= 0.6 is 0 Å². The topological polar surface area (TPSA) is 92.4 Å². The molecule has 1 aromatic rings. The summed E-state index contributed by atoms with van der Waals surface area (Å²) in [6, 6.07) is 6.94. The third-order valence-electron chi connectivity index (χ3n) is 2.90. The Hall–Kier alpha value is -2.14. The van der Waals surface area contributed by atoms with Crippen LogP contribution in [0.3, 0.4) is 0 Å². The second-order valence-electron chi connectivity index (χ2n) is 4.94. The number of aliphatic hydroxyl groups is 1. The van der Waals surface area contributed by atoms with Crippen molar-refractivity contribution in [2.24, 2.45) is 5.73 Å². The number of allylic oxidation sites excluding steroid dienone is 1. The van der Waals surface area contributed by atoms with E-state index in [1.165, 1.54) is 0 Å². The maximum atomic E-state index is 11.9. The van der Waals surface area contributed by atoms with Gasteiger partial charge in [-0.3, -0.25) is 9.59 Å². The van der Waals surface area contributed by atoms with Gasteiger partial charge >= 0.3 is 0 Å². The Morgan fingerprint density at radius 1 is 1.43 bits per heavy atom. The highest BCUT2D eigenvalue weighted by Gasteiger charge is 2.08. The van der Waals surface area contributed by atoms with Gasteiger partial charge in [0.15, 0.2) is 0 Å². The molecule has 1 unspecified atom stereocenters. The van der Waals surface area contributed by atoms with Crippen LogP contribution in [0.4, 0.5) is 0 Å². The van der Waals surface area contributed by atoms with E-state index in [1.54, 1.807) is 19.1 Å². The van der Waals surface area contributed by atoms with Crippen LogP contribution in [0.25, 0.3) is 6.08 Å². The molecule has 1 atom stereocenters. The van der Waals surface area contributed by atoms with Crippen LogP contribution < -0.4 is 11.1 Å². The molecule has 21 heavy (non-hydrogen) atoms. The summed E-state index contributed by atoms with van der Waals surface area (Å²) in [6.07, 6.45) is 5.73. The van der Waals surface area contributed by atoms with Gasteiger partial charge in [0.2, 0.25) is 5.91 Å². The number of unbranched alkanes of at least 4 members (excludes halogenated alkanes) is 1. The Morgan fingerprint density at radius 3 is 2.86 bits per heavy atom. The normalized spacial score (nSPS) is 12.3. The molecule has 0 aliphatic rings. The average Bonchev–Trinajstić information content (AvgIpc) is 2.46. The first-order valence-electron chi connectivity index (χ1n) is 6.99. The van der Waals surface area contributed by atoms with Gasteiger partial charge in [0.25, 0.3) is 5.91 Å². The fourth-order valence-electron chi connectivity index (χ4n) is 1.75. The van der Waals surface area contributed by atoms with Gasteiger partial charge in [-0.15, -0.1) is 0 Å². The Labute approximate surface area is 124 Å². The lowest BCUT2D eigenvalue weighted by Gasteiger charge is -2.10. The fraction of sp³-hybridized carbons (Fsp3) is 0.375. The number of carbonyl (C=O) groups excluding carboxylic acids is 2. The largest absolute Gasteiger partial charge is 0.394 e. The standard InChI is InChI=1S/C16H22N2O3/c1-12(11-19)18-16(21)14-8-5-7-13(10-14)6-3-2-4-9-15(17)20/h3,5-8,10,12,19H,2,4,9,11H2,1H3,(H2,17,20)(H,18,21)/b6-3+. The fourth-order valence-corrected chi connectivity index (χ4v) is 1.75. The number of aliphatic hydroxyl groups excluding tert-OH is 1. The highest BCUT2D eigenvalue weighted by Crippen LogP contribution is 2.09. The SMILES string of the molecule is CC(CO)NC(=O)c1cccc(/C=C/CCCC(N)=O)c1. The van der Waals surface area contributed by atoms with Crippen molar-refractivity contribution in [2.75, 3.05) is 6.61 Å². The van der Waals surface area contributed by atoms with Crippen molar-refractivity contribution in [2.45, 2.75) is 32.2 Å². The van der Waals surface area contributed by atoms with E-state index in [0.717, 1.165) is 18.4 Å². The number of benzene rings is 1. The minimum atomic E-state index is -0.292. The molecule has 0 bridgehead atoms. The van der Waals surface area contributed by atoms with Crippen molar-refractivity contribution in [3.63, 3.8) is 0 Å². The zero-order chi connectivity index (χ0) is 15.7. The van der Waals surface area contributed by atoms with Crippen LogP contribution in [0.5, 0.6) is 0 Å². The second-order valence-corrected chi connectivity index (χ2v) is 4.94. The van der Waals surface area contributed by atoms with Crippen molar-refractivity contribution < 1.29 is 14.7 Å². The van der Waals surface area contributed by atoms with Crippen LogP contribution in [-0.2, 0) is 4.79 Å². The molecule has 5 heteroatoms. The van der Waals surface area contributed by atoms with E-state index in [0.29, 0.717) is 12.0 Å². The zero-order valence-electron chi connectivity index (χ0n) is 12.2. The van der Waals surface area contributed by atoms with Gasteiger partial charge in [-0.2, -0.15) is 0 Å². The summed E-state index contributed by atoms with van der Waals surface area (Å²) in [4.78, 5) is 22.5. The summed E-state index contributed by atoms with van der Waals surface area (Å²) in [5.74, 6) is -0.499. The van der Waals surface area contributed by atoms with Gasteiger partial charge in [0.05, 0.1) is 6.61 Å². The molecule has 5 nitrogen and oxygen atoms in total. The highest BCUT2D eigenvalue weighted by molar-refractivity contribution is 5.94. The lowest BCUT2D eigenvalue weighted by Crippen LogP contribution is -2.34. The number of hydrogen-bond donors (Lipinski definition) is 3. The summed E-state index contributed by atoms with van der Waals surface area (Å²) in [7, 11) is 0. The summed E-state index contributed by atoms with van der Waals surface area (Å²) < 4.78 is 0.